The van der Waals surface area contributed by atoms with Crippen LogP contribution in [0.5, 0.6) is 0 Å². The molecule has 5 nitrogen and oxygen atoms in total. The maximum Gasteiger partial charge on any atom is 0.335 e. The Balaban J connectivity index is 2.14. The van der Waals surface area contributed by atoms with E-state index in [9.17, 15) is 14.0 Å². The molecule has 108 valence electrons. The second-order valence-electron chi connectivity index (χ2n) is 4.55. The number of anilines is 1. The summed E-state index contributed by atoms with van der Waals surface area (Å²) >= 11 is 1.77. The maximum atomic E-state index is 13.6. The highest BCUT2D eigenvalue weighted by Crippen LogP contribution is 2.20. The molecule has 1 aromatic rings. The average Bonchev–Trinajstić information content (AvgIpc) is 2.41. The molecule has 0 radical (unpaired) electrons. The SMILES string of the molecule is CC1CSCCN1C(=O)Nc1cc(C(=O)O)ccc1F. The van der Waals surface area contributed by atoms with Crippen molar-refractivity contribution in [3.05, 3.63) is 29.6 Å². The quantitative estimate of drug-likeness (QED) is 0.880. The Morgan fingerprint density at radius 3 is 2.90 bits per heavy atom. The van der Waals surface area contributed by atoms with E-state index >= 15 is 0 Å². The fourth-order valence-corrected chi connectivity index (χ4v) is 2.98. The number of hydrogen-bond donors (Lipinski definition) is 2. The van der Waals surface area contributed by atoms with Crippen LogP contribution in [0.3, 0.4) is 0 Å². The lowest BCUT2D eigenvalue weighted by atomic mass is 10.2. The van der Waals surface area contributed by atoms with Gasteiger partial charge in [0.05, 0.1) is 11.3 Å². The Bertz CT molecular complexity index is 538. The number of amides is 2. The number of thioether (sulfide) groups is 1. The van der Waals surface area contributed by atoms with Crippen LogP contribution in [0.1, 0.15) is 17.3 Å². The van der Waals surface area contributed by atoms with Crippen molar-refractivity contribution in [2.75, 3.05) is 23.4 Å². The Kier molecular flexibility index (Phi) is 4.49. The number of carbonyl (C=O) groups excluding carboxylic acids is 1. The van der Waals surface area contributed by atoms with E-state index in [1.165, 1.54) is 0 Å². The van der Waals surface area contributed by atoms with Gasteiger partial charge in [0.1, 0.15) is 5.82 Å². The van der Waals surface area contributed by atoms with E-state index in [4.69, 9.17) is 5.11 Å². The lowest BCUT2D eigenvalue weighted by Gasteiger charge is -2.33. The molecule has 2 N–H and O–H groups in total. The second kappa shape index (κ2) is 6.13. The van der Waals surface area contributed by atoms with Crippen LogP contribution in [-0.4, -0.2) is 46.1 Å². The number of urea groups is 1. The minimum absolute atomic E-state index is 0.0658. The third-order valence-corrected chi connectivity index (χ3v) is 4.27. The minimum atomic E-state index is -1.16. The number of halogens is 1. The molecule has 0 saturated carbocycles. The average molecular weight is 298 g/mol. The van der Waals surface area contributed by atoms with Gasteiger partial charge >= 0.3 is 12.0 Å². The van der Waals surface area contributed by atoms with Gasteiger partial charge in [-0.3, -0.25) is 0 Å². The van der Waals surface area contributed by atoms with Gasteiger partial charge in [0, 0.05) is 24.1 Å². The first-order valence-electron chi connectivity index (χ1n) is 6.17. The summed E-state index contributed by atoms with van der Waals surface area (Å²) in [5, 5.41) is 11.3. The summed E-state index contributed by atoms with van der Waals surface area (Å²) < 4.78 is 13.6. The fourth-order valence-electron chi connectivity index (χ4n) is 1.97. The fraction of sp³-hybridized carbons (Fsp3) is 0.385. The Labute approximate surface area is 120 Å². The molecule has 0 aliphatic carbocycles. The van der Waals surface area contributed by atoms with Gasteiger partial charge < -0.3 is 15.3 Å². The van der Waals surface area contributed by atoms with E-state index in [1.54, 1.807) is 16.7 Å². The molecule has 1 atom stereocenters. The molecule has 1 aliphatic heterocycles. The number of aromatic carboxylic acids is 1. The number of carboxylic acid groups (broad SMARTS) is 1. The largest absolute Gasteiger partial charge is 0.478 e. The summed E-state index contributed by atoms with van der Waals surface area (Å²) in [5.41, 5.74) is -0.177. The lowest BCUT2D eigenvalue weighted by Crippen LogP contribution is -2.46. The summed E-state index contributed by atoms with van der Waals surface area (Å²) in [6, 6.07) is 2.99. The van der Waals surface area contributed by atoms with E-state index in [0.717, 1.165) is 29.7 Å². The zero-order valence-electron chi connectivity index (χ0n) is 10.9. The van der Waals surface area contributed by atoms with E-state index in [2.05, 4.69) is 5.32 Å². The van der Waals surface area contributed by atoms with Gasteiger partial charge in [-0.05, 0) is 25.1 Å². The number of rotatable bonds is 2. The molecule has 1 aliphatic rings. The highest BCUT2D eigenvalue weighted by atomic mass is 32.2. The van der Waals surface area contributed by atoms with Crippen molar-refractivity contribution >= 4 is 29.4 Å². The Morgan fingerprint density at radius 1 is 1.50 bits per heavy atom. The normalized spacial score (nSPS) is 18.7. The molecule has 0 aromatic heterocycles. The van der Waals surface area contributed by atoms with Crippen LogP contribution in [0.25, 0.3) is 0 Å². The van der Waals surface area contributed by atoms with Crippen molar-refractivity contribution in [3.63, 3.8) is 0 Å². The van der Waals surface area contributed by atoms with Crippen LogP contribution < -0.4 is 5.32 Å². The Hall–Kier alpha value is -1.76. The van der Waals surface area contributed by atoms with Gasteiger partial charge in [-0.2, -0.15) is 11.8 Å². The molecule has 20 heavy (non-hydrogen) atoms. The second-order valence-corrected chi connectivity index (χ2v) is 5.70. The molecule has 1 fully saturated rings. The highest BCUT2D eigenvalue weighted by Gasteiger charge is 2.24. The number of nitrogens with zero attached hydrogens (tertiary/aromatic N) is 1. The van der Waals surface area contributed by atoms with Crippen molar-refractivity contribution in [2.24, 2.45) is 0 Å². The van der Waals surface area contributed by atoms with Gasteiger partial charge in [0.2, 0.25) is 0 Å². The predicted octanol–water partition coefficient (Wildman–Crippen LogP) is 2.49. The van der Waals surface area contributed by atoms with Crippen molar-refractivity contribution in [2.45, 2.75) is 13.0 Å². The Morgan fingerprint density at radius 2 is 2.25 bits per heavy atom. The van der Waals surface area contributed by atoms with Crippen molar-refractivity contribution in [1.29, 1.82) is 0 Å². The summed E-state index contributed by atoms with van der Waals surface area (Å²) in [6.07, 6.45) is 0. The smallest absolute Gasteiger partial charge is 0.335 e. The summed E-state index contributed by atoms with van der Waals surface area (Å²) in [7, 11) is 0. The van der Waals surface area contributed by atoms with Crippen LogP contribution in [0.4, 0.5) is 14.9 Å². The molecular formula is C13H15FN2O3S. The molecule has 1 unspecified atom stereocenters. The maximum absolute atomic E-state index is 13.6. The van der Waals surface area contributed by atoms with E-state index in [1.807, 2.05) is 6.92 Å². The molecule has 1 heterocycles. The number of nitrogens with one attached hydrogen (secondary N) is 1. The van der Waals surface area contributed by atoms with Crippen LogP contribution in [0, 0.1) is 5.82 Å². The number of hydrogen-bond acceptors (Lipinski definition) is 3. The zero-order chi connectivity index (χ0) is 14.7. The topological polar surface area (TPSA) is 69.6 Å². The van der Waals surface area contributed by atoms with E-state index in [0.29, 0.717) is 6.54 Å². The zero-order valence-corrected chi connectivity index (χ0v) is 11.7. The third kappa shape index (κ3) is 3.22. The number of benzene rings is 1. The summed E-state index contributed by atoms with van der Waals surface area (Å²) in [5.74, 6) is -0.133. The summed E-state index contributed by atoms with van der Waals surface area (Å²) in [6.45, 7) is 2.52. The van der Waals surface area contributed by atoms with Crippen LogP contribution in [0.2, 0.25) is 0 Å². The molecular weight excluding hydrogens is 283 g/mol. The molecule has 2 amide bonds. The molecule has 1 saturated heterocycles. The molecule has 0 spiro atoms. The molecule has 2 rings (SSSR count). The predicted molar refractivity (Wildman–Crippen MR) is 75.9 cm³/mol. The number of carbonyl (C=O) groups is 2. The monoisotopic (exact) mass is 298 g/mol. The standard InChI is InChI=1S/C13H15FN2O3S/c1-8-7-20-5-4-16(8)13(19)15-11-6-9(12(17)18)2-3-10(11)14/h2-3,6,8H,4-5,7H2,1H3,(H,15,19)(H,17,18). The first-order valence-corrected chi connectivity index (χ1v) is 7.32. The minimum Gasteiger partial charge on any atom is -0.478 e. The van der Waals surface area contributed by atoms with Crippen molar-refractivity contribution in [1.82, 2.24) is 4.90 Å². The van der Waals surface area contributed by atoms with Gasteiger partial charge in [-0.1, -0.05) is 0 Å². The van der Waals surface area contributed by atoms with Gasteiger partial charge in [-0.25, -0.2) is 14.0 Å². The van der Waals surface area contributed by atoms with Crippen LogP contribution in [0.15, 0.2) is 18.2 Å². The molecule has 7 heteroatoms. The van der Waals surface area contributed by atoms with Crippen molar-refractivity contribution in [3.8, 4) is 0 Å². The van der Waals surface area contributed by atoms with E-state index < -0.39 is 17.8 Å². The van der Waals surface area contributed by atoms with Gasteiger partial charge in [-0.15, -0.1) is 0 Å². The van der Waals surface area contributed by atoms with Crippen LogP contribution >= 0.6 is 11.8 Å². The van der Waals surface area contributed by atoms with E-state index in [-0.39, 0.29) is 17.3 Å². The third-order valence-electron chi connectivity index (χ3n) is 3.08. The first kappa shape index (κ1) is 14.6. The number of carboxylic acids is 1. The van der Waals surface area contributed by atoms with Gasteiger partial charge in [0.15, 0.2) is 0 Å². The summed E-state index contributed by atoms with van der Waals surface area (Å²) in [4.78, 5) is 24.6. The van der Waals surface area contributed by atoms with Crippen LogP contribution in [-0.2, 0) is 0 Å². The van der Waals surface area contributed by atoms with Crippen molar-refractivity contribution < 1.29 is 19.1 Å². The van der Waals surface area contributed by atoms with Gasteiger partial charge in [0.25, 0.3) is 0 Å². The lowest BCUT2D eigenvalue weighted by molar-refractivity contribution is 0.0697. The highest BCUT2D eigenvalue weighted by molar-refractivity contribution is 7.99. The molecule has 0 bridgehead atoms. The molecule has 1 aromatic carbocycles. The first-order chi connectivity index (χ1) is 9.49.